The Labute approximate surface area is 79.2 Å². The lowest BCUT2D eigenvalue weighted by Crippen LogP contribution is -2.41. The van der Waals surface area contributed by atoms with Gasteiger partial charge < -0.3 is 20.4 Å². The fourth-order valence-corrected chi connectivity index (χ4v) is 1.50. The minimum absolute atomic E-state index is 0.287. The monoisotopic (exact) mass is 205 g/mol. The predicted molar refractivity (Wildman–Crippen MR) is 42.8 cm³/mol. The van der Waals surface area contributed by atoms with Gasteiger partial charge >= 0.3 is 12.1 Å². The Bertz CT molecular complexity index is 243. The molecule has 7 heteroatoms. The van der Waals surface area contributed by atoms with Crippen LogP contribution in [0.5, 0.6) is 0 Å². The summed E-state index contributed by atoms with van der Waals surface area (Å²) in [5.74, 6) is -1.32. The lowest BCUT2D eigenvalue weighted by atomic mass is 10.0. The third kappa shape index (κ3) is 1.78. The Morgan fingerprint density at radius 2 is 2.00 bits per heavy atom. The van der Waals surface area contributed by atoms with E-state index in [-0.39, 0.29) is 13.0 Å². The van der Waals surface area contributed by atoms with Crippen LogP contribution in [0.1, 0.15) is 6.42 Å². The van der Waals surface area contributed by atoms with E-state index in [2.05, 4.69) is 0 Å². The fourth-order valence-electron chi connectivity index (χ4n) is 1.50. The average molecular weight is 205 g/mol. The molecule has 1 aliphatic heterocycles. The van der Waals surface area contributed by atoms with Gasteiger partial charge in [-0.2, -0.15) is 0 Å². The summed E-state index contributed by atoms with van der Waals surface area (Å²) in [7, 11) is 0. The summed E-state index contributed by atoms with van der Waals surface area (Å²) in [5.41, 5.74) is -1.64. The van der Waals surface area contributed by atoms with Crippen LogP contribution in [0.25, 0.3) is 0 Å². The topological polar surface area (TPSA) is 118 Å². The van der Waals surface area contributed by atoms with Crippen molar-refractivity contribution >= 4 is 12.1 Å². The number of likely N-dealkylation sites (tertiary alicyclic amines) is 1. The van der Waals surface area contributed by atoms with E-state index in [4.69, 9.17) is 15.3 Å². The number of carboxylic acid groups (broad SMARTS) is 2. The molecule has 0 bridgehead atoms. The van der Waals surface area contributed by atoms with Crippen LogP contribution in [-0.4, -0.2) is 62.2 Å². The smallest absolute Gasteiger partial charge is 0.408 e. The molecule has 0 spiro atoms. The molecule has 0 unspecified atom stereocenters. The molecule has 1 aliphatic rings. The van der Waals surface area contributed by atoms with Crippen molar-refractivity contribution in [2.75, 3.05) is 13.2 Å². The van der Waals surface area contributed by atoms with E-state index in [0.29, 0.717) is 4.90 Å². The van der Waals surface area contributed by atoms with Gasteiger partial charge in [-0.15, -0.1) is 0 Å². The number of rotatable bonds is 2. The molecule has 0 radical (unpaired) electrons. The standard InChI is InChI=1S/C7H11NO6/c9-3-7(14)1-4(5(10)11)8(2-7)6(12)13/h4,9,14H,1-3H2,(H,10,11)(H,12,13)/t4-,7+/m0/s1. The predicted octanol–water partition coefficient (Wildman–Crippen LogP) is -1.45. The molecule has 1 saturated heterocycles. The van der Waals surface area contributed by atoms with Crippen LogP contribution in [0.15, 0.2) is 0 Å². The van der Waals surface area contributed by atoms with Gasteiger partial charge in [-0.25, -0.2) is 9.59 Å². The van der Waals surface area contributed by atoms with Crippen molar-refractivity contribution in [3.8, 4) is 0 Å². The molecule has 4 N–H and O–H groups in total. The molecular weight excluding hydrogens is 194 g/mol. The Morgan fingerprint density at radius 1 is 1.43 bits per heavy atom. The SMILES string of the molecule is O=C(O)[C@@H]1C[C@](O)(CO)CN1C(=O)O. The average Bonchev–Trinajstić information content (AvgIpc) is 2.45. The number of nitrogens with zero attached hydrogens (tertiary/aromatic N) is 1. The summed E-state index contributed by atoms with van der Waals surface area (Å²) < 4.78 is 0. The molecule has 7 nitrogen and oxygen atoms in total. The maximum Gasteiger partial charge on any atom is 0.408 e. The Kier molecular flexibility index (Phi) is 2.63. The molecule has 1 rings (SSSR count). The second kappa shape index (κ2) is 3.43. The first kappa shape index (κ1) is 10.7. The number of amides is 1. The van der Waals surface area contributed by atoms with E-state index >= 15 is 0 Å². The third-order valence-electron chi connectivity index (χ3n) is 2.24. The van der Waals surface area contributed by atoms with Crippen LogP contribution >= 0.6 is 0 Å². The fraction of sp³-hybridized carbons (Fsp3) is 0.714. The summed E-state index contributed by atoms with van der Waals surface area (Å²) in [4.78, 5) is 21.8. The van der Waals surface area contributed by atoms with E-state index in [0.717, 1.165) is 0 Å². The van der Waals surface area contributed by atoms with Gasteiger partial charge in [0.25, 0.3) is 0 Å². The molecule has 1 fully saturated rings. The van der Waals surface area contributed by atoms with Crippen molar-refractivity contribution in [1.29, 1.82) is 0 Å². The molecule has 2 atom stereocenters. The van der Waals surface area contributed by atoms with Gasteiger partial charge in [0.15, 0.2) is 0 Å². The lowest BCUT2D eigenvalue weighted by molar-refractivity contribution is -0.141. The number of hydrogen-bond donors (Lipinski definition) is 4. The van der Waals surface area contributed by atoms with Gasteiger partial charge in [0, 0.05) is 6.42 Å². The molecule has 0 aromatic heterocycles. The van der Waals surface area contributed by atoms with Gasteiger partial charge in [-0.3, -0.25) is 4.90 Å². The molecule has 0 saturated carbocycles. The summed E-state index contributed by atoms with van der Waals surface area (Å²) in [6.45, 7) is -1.03. The van der Waals surface area contributed by atoms with Crippen LogP contribution < -0.4 is 0 Å². The van der Waals surface area contributed by atoms with Gasteiger partial charge in [0.1, 0.15) is 11.6 Å². The highest BCUT2D eigenvalue weighted by Gasteiger charge is 2.47. The van der Waals surface area contributed by atoms with Crippen LogP contribution in [0.3, 0.4) is 0 Å². The van der Waals surface area contributed by atoms with Gasteiger partial charge in [0.2, 0.25) is 0 Å². The normalized spacial score (nSPS) is 31.9. The van der Waals surface area contributed by atoms with Gasteiger partial charge in [0.05, 0.1) is 13.2 Å². The third-order valence-corrected chi connectivity index (χ3v) is 2.24. The van der Waals surface area contributed by atoms with E-state index in [1.165, 1.54) is 0 Å². The van der Waals surface area contributed by atoms with E-state index < -0.39 is 30.3 Å². The quantitative estimate of drug-likeness (QED) is 0.438. The second-order valence-electron chi connectivity index (χ2n) is 3.35. The highest BCUT2D eigenvalue weighted by atomic mass is 16.4. The van der Waals surface area contributed by atoms with E-state index in [9.17, 15) is 14.7 Å². The van der Waals surface area contributed by atoms with Gasteiger partial charge in [-0.1, -0.05) is 0 Å². The number of hydrogen-bond acceptors (Lipinski definition) is 4. The molecule has 0 aliphatic carbocycles. The number of aliphatic hydroxyl groups excluding tert-OH is 1. The molecule has 14 heavy (non-hydrogen) atoms. The number of β-amino-alcohol motifs (C(OH)–C–C–N with tert-alkyl or cyclic N) is 1. The number of carbonyl (C=O) groups is 2. The van der Waals surface area contributed by atoms with Crippen molar-refractivity contribution in [3.63, 3.8) is 0 Å². The maximum atomic E-state index is 10.6. The van der Waals surface area contributed by atoms with E-state index in [1.807, 2.05) is 0 Å². The summed E-state index contributed by atoms with van der Waals surface area (Å²) >= 11 is 0. The van der Waals surface area contributed by atoms with Crippen LogP contribution in [0.4, 0.5) is 4.79 Å². The number of carboxylic acids is 1. The zero-order valence-electron chi connectivity index (χ0n) is 7.25. The zero-order valence-corrected chi connectivity index (χ0v) is 7.25. The zero-order chi connectivity index (χ0) is 10.9. The van der Waals surface area contributed by atoms with Crippen LogP contribution in [0, 0.1) is 0 Å². The number of aliphatic hydroxyl groups is 2. The highest BCUT2D eigenvalue weighted by Crippen LogP contribution is 2.26. The molecule has 80 valence electrons. The first-order chi connectivity index (χ1) is 6.39. The highest BCUT2D eigenvalue weighted by molar-refractivity contribution is 5.80. The molecule has 0 aromatic carbocycles. The van der Waals surface area contributed by atoms with Gasteiger partial charge in [-0.05, 0) is 0 Å². The first-order valence-electron chi connectivity index (χ1n) is 3.95. The summed E-state index contributed by atoms with van der Waals surface area (Å²) in [6.07, 6.45) is -1.70. The van der Waals surface area contributed by atoms with Crippen molar-refractivity contribution in [2.45, 2.75) is 18.1 Å². The Balaban J connectivity index is 2.85. The molecular formula is C7H11NO6. The summed E-state index contributed by atoms with van der Waals surface area (Å²) in [5, 5.41) is 35.6. The Morgan fingerprint density at radius 3 is 2.29 bits per heavy atom. The van der Waals surface area contributed by atoms with Crippen molar-refractivity contribution in [1.82, 2.24) is 4.90 Å². The van der Waals surface area contributed by atoms with Crippen molar-refractivity contribution in [3.05, 3.63) is 0 Å². The minimum Gasteiger partial charge on any atom is -0.480 e. The molecule has 0 aromatic rings. The van der Waals surface area contributed by atoms with Crippen molar-refractivity contribution in [2.24, 2.45) is 0 Å². The lowest BCUT2D eigenvalue weighted by Gasteiger charge is -2.18. The maximum absolute atomic E-state index is 10.6. The first-order valence-corrected chi connectivity index (χ1v) is 3.95. The Hall–Kier alpha value is -1.34. The van der Waals surface area contributed by atoms with Crippen molar-refractivity contribution < 1.29 is 30.0 Å². The second-order valence-corrected chi connectivity index (χ2v) is 3.35. The molecule has 1 heterocycles. The number of aliphatic carboxylic acids is 1. The van der Waals surface area contributed by atoms with Crippen LogP contribution in [0.2, 0.25) is 0 Å². The summed E-state index contributed by atoms with van der Waals surface area (Å²) in [6, 6.07) is -1.29. The largest absolute Gasteiger partial charge is 0.480 e. The van der Waals surface area contributed by atoms with Crippen LogP contribution in [-0.2, 0) is 4.79 Å². The van der Waals surface area contributed by atoms with E-state index in [1.54, 1.807) is 0 Å². The molecule has 1 amide bonds. The minimum atomic E-state index is -1.64.